The molecule has 0 heterocycles. The second-order valence-electron chi connectivity index (χ2n) is 33.9. The van der Waals surface area contributed by atoms with E-state index in [4.69, 9.17) is 54.3 Å². The Morgan fingerprint density at radius 2 is 0.173 bits per heavy atom. The van der Waals surface area contributed by atoms with Crippen LogP contribution in [0.3, 0.4) is 0 Å². The van der Waals surface area contributed by atoms with Crippen molar-refractivity contribution >= 4 is 46.9 Å². The number of phosphoric ester groups is 6. The van der Waals surface area contributed by atoms with Gasteiger partial charge in [0, 0.05) is 0 Å². The topological polar surface area (TPSA) is 352 Å². The largest absolute Gasteiger partial charge is 6.00 e. The molecule has 24 nitrogen and oxygen atoms in total. The van der Waals surface area contributed by atoms with E-state index in [2.05, 4.69) is 83.1 Å². The summed E-state index contributed by atoms with van der Waals surface area (Å²) >= 11 is 0. The molecule has 0 aliphatic carbocycles. The summed E-state index contributed by atoms with van der Waals surface area (Å²) in [6, 6.07) is 0. The molecule has 0 N–H and O–H groups in total. The van der Waals surface area contributed by atoms with Gasteiger partial charge in [-0.05, 0) is 77.0 Å². The van der Waals surface area contributed by atoms with Gasteiger partial charge in [-0.15, -0.1) is 0 Å². The average Bonchev–Trinajstić information content (AvgIpc) is 0.972. The van der Waals surface area contributed by atoms with Crippen molar-refractivity contribution in [3.63, 3.8) is 0 Å². The molecule has 0 aliphatic heterocycles. The molecule has 0 fully saturated rings. The van der Waals surface area contributed by atoms with Crippen LogP contribution in [-0.2, 0) is 103 Å². The molecule has 768 valence electrons. The average molecular weight is 2020 g/mol. The van der Waals surface area contributed by atoms with Crippen molar-refractivity contribution in [2.24, 2.45) is 0 Å². The van der Waals surface area contributed by atoms with Gasteiger partial charge in [0.15, 0.2) is 0 Å². The molecule has 0 unspecified atom stereocenters. The summed E-state index contributed by atoms with van der Waals surface area (Å²) in [6.07, 6.45) is 79.9. The van der Waals surface area contributed by atoms with E-state index in [9.17, 15) is 56.8 Å². The van der Waals surface area contributed by atoms with Crippen LogP contribution in [0.15, 0.2) is 0 Å². The third-order valence-corrected chi connectivity index (χ3v) is 27.0. The van der Waals surface area contributed by atoms with Crippen LogP contribution in [0.4, 0.5) is 0 Å². The van der Waals surface area contributed by atoms with Crippen LogP contribution in [-0.4, -0.2) is 79.3 Å². The van der Waals surface area contributed by atoms with Crippen LogP contribution >= 0.6 is 46.9 Å². The van der Waals surface area contributed by atoms with Crippen LogP contribution in [0.5, 0.6) is 0 Å². The molecular weight excluding hydrogens is 1820 g/mol. The molecule has 0 amide bonds. The standard InChI is InChI=1S/6C16H35O4P.Mo/c6*1-3-5-7-9-11-13-15-19-21(17,18)20-16-14-12-10-8-6-4-2;/h6*3-16H2,1-2H3,(H,17,18);/q;;;;;;+6/p-6. The molecule has 0 spiro atoms. The fourth-order valence-electron chi connectivity index (χ4n) is 12.9. The number of rotatable bonds is 96. The molecule has 0 rings (SSSR count). The minimum Gasteiger partial charge on any atom is -0.756 e. The van der Waals surface area contributed by atoms with Crippen molar-refractivity contribution in [3.8, 4) is 0 Å². The summed E-state index contributed by atoms with van der Waals surface area (Å²) in [5.41, 5.74) is 0. The van der Waals surface area contributed by atoms with E-state index in [0.29, 0.717) is 0 Å². The van der Waals surface area contributed by atoms with Crippen LogP contribution in [0, 0.1) is 0 Å². The Labute approximate surface area is 798 Å². The zero-order chi connectivity index (χ0) is 94.9. The summed E-state index contributed by atoms with van der Waals surface area (Å²) in [4.78, 5) is 68.9. The summed E-state index contributed by atoms with van der Waals surface area (Å²) in [6.45, 7) is 29.2. The van der Waals surface area contributed by atoms with E-state index < -0.39 is 46.9 Å². The molecule has 0 aromatic heterocycles. The predicted octanol–water partition coefficient (Wildman–Crippen LogP) is 31.3. The Morgan fingerprint density at radius 1 is 0.118 bits per heavy atom. The smallest absolute Gasteiger partial charge is 0.756 e. The van der Waals surface area contributed by atoms with E-state index in [-0.39, 0.29) is 100 Å². The number of hydrogen-bond acceptors (Lipinski definition) is 24. The fourth-order valence-corrected chi connectivity index (χ4v) is 17.6. The Kier molecular flexibility index (Phi) is 127. The zero-order valence-electron chi connectivity index (χ0n) is 84.3. The van der Waals surface area contributed by atoms with Crippen molar-refractivity contribution in [2.45, 2.75) is 545 Å². The third-order valence-electron chi connectivity index (χ3n) is 21.0. The van der Waals surface area contributed by atoms with E-state index in [1.54, 1.807) is 0 Å². The van der Waals surface area contributed by atoms with Gasteiger partial charge in [-0.3, -0.25) is 27.4 Å². The molecule has 0 aromatic carbocycles. The van der Waals surface area contributed by atoms with Gasteiger partial charge in [0.2, 0.25) is 0 Å². The first-order chi connectivity index (χ1) is 60.7. The number of hydrogen-bond donors (Lipinski definition) is 0. The molecule has 0 saturated heterocycles. The van der Waals surface area contributed by atoms with Gasteiger partial charge in [-0.1, -0.05) is 468 Å². The first-order valence-electron chi connectivity index (χ1n) is 52.3. The second kappa shape index (κ2) is 114. The van der Waals surface area contributed by atoms with Gasteiger partial charge in [-0.2, -0.15) is 0 Å². The van der Waals surface area contributed by atoms with Gasteiger partial charge >= 0.3 is 21.1 Å². The molecule has 0 aromatic rings. The van der Waals surface area contributed by atoms with Gasteiger partial charge in [0.1, 0.15) is 0 Å². The van der Waals surface area contributed by atoms with Crippen LogP contribution < -0.4 is 29.4 Å². The SMILES string of the molecule is CCCCCCCCOP(=O)([O-])OCCCCCCCC.CCCCCCCCOP(=O)([O-])OCCCCCCCC.CCCCCCCCOP(=O)([O-])OCCCCCCCC.CCCCCCCCOP(=O)([O-])OCCCCCCCC.CCCCCCCCOP(=O)([O-])OCCCCCCCC.CCCCCCCCOP(=O)([O-])OCCCCCCCC.[Mo+6]. The third kappa shape index (κ3) is 136. The maximum Gasteiger partial charge on any atom is 6.00 e. The van der Waals surface area contributed by atoms with E-state index >= 15 is 0 Å². The van der Waals surface area contributed by atoms with Crippen molar-refractivity contribution in [1.82, 2.24) is 0 Å². The van der Waals surface area contributed by atoms with Gasteiger partial charge < -0.3 is 83.6 Å². The normalized spacial score (nSPS) is 11.9. The Hall–Kier alpha value is 1.35. The first-order valence-corrected chi connectivity index (χ1v) is 61.1. The van der Waals surface area contributed by atoms with Gasteiger partial charge in [0.05, 0.1) is 79.3 Å². The monoisotopic (exact) mass is 2030 g/mol. The maximum atomic E-state index is 11.5. The van der Waals surface area contributed by atoms with Gasteiger partial charge in [0.25, 0.3) is 46.9 Å². The summed E-state index contributed by atoms with van der Waals surface area (Å²) in [5, 5.41) is 0. The minimum atomic E-state index is -4.07. The summed E-state index contributed by atoms with van der Waals surface area (Å²) < 4.78 is 127. The number of phosphoric acid groups is 6. The van der Waals surface area contributed by atoms with Crippen molar-refractivity contribution in [2.75, 3.05) is 79.3 Å². The van der Waals surface area contributed by atoms with E-state index in [1.165, 1.54) is 231 Å². The molecule has 0 radical (unpaired) electrons. The molecular formula is C96H204MoO24P6. The Bertz CT molecular complexity index is 1830. The summed E-state index contributed by atoms with van der Waals surface area (Å²) in [7, 11) is -24.4. The molecule has 0 saturated carbocycles. The fraction of sp³-hybridized carbons (Fsp3) is 1.00. The van der Waals surface area contributed by atoms with E-state index in [1.807, 2.05) is 0 Å². The van der Waals surface area contributed by atoms with Crippen LogP contribution in [0.25, 0.3) is 0 Å². The van der Waals surface area contributed by atoms with Crippen LogP contribution in [0.2, 0.25) is 0 Å². The van der Waals surface area contributed by atoms with E-state index in [0.717, 1.165) is 231 Å². The maximum absolute atomic E-state index is 11.5. The zero-order valence-corrected chi connectivity index (χ0v) is 91.7. The quantitative estimate of drug-likeness (QED) is 0.0310. The van der Waals surface area contributed by atoms with Crippen LogP contribution in [0.1, 0.15) is 545 Å². The van der Waals surface area contributed by atoms with Crippen molar-refractivity contribution in [3.05, 3.63) is 0 Å². The molecule has 0 bridgehead atoms. The number of unbranched alkanes of at least 4 members (excludes halogenated alkanes) is 60. The minimum absolute atomic E-state index is 0. The molecule has 0 atom stereocenters. The first kappa shape index (κ1) is 141. The summed E-state index contributed by atoms with van der Waals surface area (Å²) in [5.74, 6) is 0. The molecule has 0 aliphatic rings. The molecule has 127 heavy (non-hydrogen) atoms. The van der Waals surface area contributed by atoms with Crippen molar-refractivity contribution < 1.29 is 132 Å². The Morgan fingerprint density at radius 3 is 0.236 bits per heavy atom. The van der Waals surface area contributed by atoms with Gasteiger partial charge in [-0.25, -0.2) is 0 Å². The Balaban J connectivity index is -0.000000272. The predicted molar refractivity (Wildman–Crippen MR) is 518 cm³/mol. The van der Waals surface area contributed by atoms with Crippen molar-refractivity contribution in [1.29, 1.82) is 0 Å². The second-order valence-corrected chi connectivity index (χ2v) is 42.4. The molecule has 31 heteroatoms.